The molecule has 0 aliphatic rings. The number of Topliss-reactive ketones (excluding diaryl/α,β-unsaturated/α-hetero) is 1. The molecular weight excluding hydrogens is 269 g/mol. The van der Waals surface area contributed by atoms with E-state index in [0.29, 0.717) is 5.56 Å². The van der Waals surface area contributed by atoms with Gasteiger partial charge in [0, 0.05) is 0 Å². The maximum absolute atomic E-state index is 11.1. The Kier molecular flexibility index (Phi) is 3.02. The normalized spacial score (nSPS) is 10.2. The van der Waals surface area contributed by atoms with Crippen LogP contribution in [0, 0.1) is 0 Å². The summed E-state index contributed by atoms with van der Waals surface area (Å²) in [5.74, 6) is 0.00112. The number of carbonyl (C=O) groups excluding carboxylic acids is 1. The Morgan fingerprint density at radius 1 is 1.50 bits per heavy atom. The van der Waals surface area contributed by atoms with E-state index in [4.69, 9.17) is 0 Å². The standard InChI is InChI=1S/C8H9INO2/c1-6(11)7-3-4-8(12)10(5-7)9-2/h3-5H,1-2H3/q-1. The molecule has 0 saturated heterocycles. The van der Waals surface area contributed by atoms with Gasteiger partial charge >= 0.3 is 80.9 Å². The number of halogens is 1. The van der Waals surface area contributed by atoms with Crippen molar-refractivity contribution >= 4 is 5.78 Å². The first-order valence-corrected chi connectivity index (χ1v) is 6.51. The molecule has 1 aromatic heterocycles. The molecule has 0 spiro atoms. The molecule has 1 aromatic rings. The van der Waals surface area contributed by atoms with Crippen molar-refractivity contribution in [3.05, 3.63) is 34.2 Å². The summed E-state index contributed by atoms with van der Waals surface area (Å²) in [6.45, 7) is 1.50. The van der Waals surface area contributed by atoms with Crippen molar-refractivity contribution in [1.29, 1.82) is 0 Å². The predicted octanol–water partition coefficient (Wildman–Crippen LogP) is -2.47. The van der Waals surface area contributed by atoms with E-state index in [1.54, 1.807) is 15.0 Å². The molecule has 0 aromatic carbocycles. The van der Waals surface area contributed by atoms with Crippen LogP contribution < -0.4 is 27.0 Å². The first kappa shape index (κ1) is 9.44. The summed E-state index contributed by atoms with van der Waals surface area (Å²) in [4.78, 5) is 24.0. The Labute approximate surface area is 81.0 Å². The Morgan fingerprint density at radius 3 is 2.67 bits per heavy atom. The molecule has 1 heterocycles. The Bertz CT molecular complexity index is 356. The average molecular weight is 278 g/mol. The molecule has 0 aliphatic carbocycles. The second kappa shape index (κ2) is 3.84. The second-order valence-corrected chi connectivity index (χ2v) is 4.30. The summed E-state index contributed by atoms with van der Waals surface area (Å²) < 4.78 is 1.62. The summed E-state index contributed by atoms with van der Waals surface area (Å²) in [6.07, 6.45) is 1.64. The van der Waals surface area contributed by atoms with Crippen LogP contribution in [-0.2, 0) is 0 Å². The van der Waals surface area contributed by atoms with Crippen LogP contribution in [0.1, 0.15) is 17.3 Å². The van der Waals surface area contributed by atoms with Gasteiger partial charge in [0.15, 0.2) is 0 Å². The van der Waals surface area contributed by atoms with Crippen molar-refractivity contribution in [3.63, 3.8) is 0 Å². The quantitative estimate of drug-likeness (QED) is 0.342. The fourth-order valence-electron chi connectivity index (χ4n) is 0.801. The van der Waals surface area contributed by atoms with Crippen molar-refractivity contribution in [2.45, 2.75) is 6.92 Å². The Morgan fingerprint density at radius 2 is 2.17 bits per heavy atom. The van der Waals surface area contributed by atoms with Crippen LogP contribution in [-0.4, -0.2) is 13.5 Å². The van der Waals surface area contributed by atoms with Gasteiger partial charge in [0.1, 0.15) is 0 Å². The molecule has 66 valence electrons. The summed E-state index contributed by atoms with van der Waals surface area (Å²) in [5.41, 5.74) is 0.589. The molecule has 0 unspecified atom stereocenters. The number of rotatable bonds is 2. The number of ketones is 1. The number of hydrogen-bond acceptors (Lipinski definition) is 2. The van der Waals surface area contributed by atoms with E-state index >= 15 is 0 Å². The van der Waals surface area contributed by atoms with Gasteiger partial charge in [-0.1, -0.05) is 0 Å². The van der Waals surface area contributed by atoms with Gasteiger partial charge in [0.25, 0.3) is 0 Å². The number of aromatic nitrogens is 1. The van der Waals surface area contributed by atoms with E-state index in [1.165, 1.54) is 13.0 Å². The maximum atomic E-state index is 11.1. The average Bonchev–Trinajstić information content (AvgIpc) is 2.05. The minimum atomic E-state index is -0.303. The van der Waals surface area contributed by atoms with Gasteiger partial charge in [-0.25, -0.2) is 0 Å². The molecule has 0 bridgehead atoms. The monoisotopic (exact) mass is 278 g/mol. The van der Waals surface area contributed by atoms with Crippen LogP contribution in [0.2, 0.25) is 0 Å². The zero-order valence-corrected chi connectivity index (χ0v) is 9.03. The molecule has 0 N–H and O–H groups in total. The van der Waals surface area contributed by atoms with E-state index in [1.807, 2.05) is 4.93 Å². The van der Waals surface area contributed by atoms with Crippen LogP contribution in [0.5, 0.6) is 0 Å². The van der Waals surface area contributed by atoms with Crippen LogP contribution in [0.3, 0.4) is 0 Å². The van der Waals surface area contributed by atoms with Crippen molar-refractivity contribution < 1.29 is 26.3 Å². The molecule has 0 fully saturated rings. The van der Waals surface area contributed by atoms with Gasteiger partial charge in [-0.05, 0) is 0 Å². The molecule has 0 atom stereocenters. The summed E-state index contributed by atoms with van der Waals surface area (Å²) >= 11 is -0.303. The molecule has 0 saturated carbocycles. The van der Waals surface area contributed by atoms with Gasteiger partial charge in [0.05, 0.1) is 0 Å². The van der Waals surface area contributed by atoms with Crippen LogP contribution >= 0.6 is 0 Å². The topological polar surface area (TPSA) is 39.1 Å². The second-order valence-electron chi connectivity index (χ2n) is 2.29. The molecule has 12 heavy (non-hydrogen) atoms. The third-order valence-electron chi connectivity index (χ3n) is 1.46. The van der Waals surface area contributed by atoms with Gasteiger partial charge in [-0.2, -0.15) is 0 Å². The van der Waals surface area contributed by atoms with E-state index < -0.39 is 0 Å². The Balaban J connectivity index is 3.23. The predicted molar refractivity (Wildman–Crippen MR) is 42.0 cm³/mol. The number of carbonyl (C=O) groups is 1. The summed E-state index contributed by atoms with van der Waals surface area (Å²) in [5, 5.41) is 0. The molecular formula is C8H9INO2-. The SMILES string of the molecule is C[I-]n1cc(C(C)=O)ccc1=O. The van der Waals surface area contributed by atoms with Gasteiger partial charge in [0.2, 0.25) is 0 Å². The van der Waals surface area contributed by atoms with Crippen molar-refractivity contribution in [1.82, 2.24) is 2.78 Å². The van der Waals surface area contributed by atoms with Crippen molar-refractivity contribution in [2.75, 3.05) is 4.93 Å². The number of alkyl halides is 1. The van der Waals surface area contributed by atoms with Gasteiger partial charge in [-0.3, -0.25) is 0 Å². The van der Waals surface area contributed by atoms with Crippen molar-refractivity contribution in [2.24, 2.45) is 0 Å². The summed E-state index contributed by atoms with van der Waals surface area (Å²) in [7, 11) is 0. The summed E-state index contributed by atoms with van der Waals surface area (Å²) in [6, 6.07) is 3.01. The van der Waals surface area contributed by atoms with Crippen LogP contribution in [0.15, 0.2) is 23.1 Å². The molecule has 3 nitrogen and oxygen atoms in total. The van der Waals surface area contributed by atoms with E-state index in [-0.39, 0.29) is 32.8 Å². The van der Waals surface area contributed by atoms with E-state index in [0.717, 1.165) is 0 Å². The number of pyridine rings is 1. The molecule has 0 aliphatic heterocycles. The van der Waals surface area contributed by atoms with Crippen molar-refractivity contribution in [3.8, 4) is 0 Å². The third-order valence-corrected chi connectivity index (χ3v) is 3.25. The van der Waals surface area contributed by atoms with Gasteiger partial charge in [-0.15, -0.1) is 0 Å². The molecule has 0 amide bonds. The third kappa shape index (κ3) is 1.94. The zero-order chi connectivity index (χ0) is 9.14. The first-order valence-electron chi connectivity index (χ1n) is 3.39. The minimum absolute atomic E-state index is 0.00112. The molecule has 4 heteroatoms. The fourth-order valence-corrected chi connectivity index (χ4v) is 2.02. The molecule has 1 rings (SSSR count). The van der Waals surface area contributed by atoms with Gasteiger partial charge < -0.3 is 0 Å². The number of nitrogens with zero attached hydrogens (tertiary/aromatic N) is 1. The fraction of sp³-hybridized carbons (Fsp3) is 0.250. The zero-order valence-electron chi connectivity index (χ0n) is 6.87. The van der Waals surface area contributed by atoms with E-state index in [2.05, 4.69) is 0 Å². The van der Waals surface area contributed by atoms with E-state index in [9.17, 15) is 9.59 Å². The first-order chi connectivity index (χ1) is 5.65. The Hall–Kier alpha value is -0.650. The number of hydrogen-bond donors (Lipinski definition) is 0. The molecule has 0 radical (unpaired) electrons. The van der Waals surface area contributed by atoms with Crippen LogP contribution in [0.4, 0.5) is 0 Å². The van der Waals surface area contributed by atoms with Crippen LogP contribution in [0.25, 0.3) is 0 Å².